The van der Waals surface area contributed by atoms with Crippen LogP contribution in [0.15, 0.2) is 12.4 Å². The third-order valence-electron chi connectivity index (χ3n) is 2.85. The molecule has 1 N–H and O–H groups in total. The molecule has 1 amide bonds. The fourth-order valence-electron chi connectivity index (χ4n) is 1.83. The van der Waals surface area contributed by atoms with Crippen molar-refractivity contribution >= 4 is 17.7 Å². The molecule has 18 heavy (non-hydrogen) atoms. The lowest BCUT2D eigenvalue weighted by Crippen LogP contribution is -2.40. The summed E-state index contributed by atoms with van der Waals surface area (Å²) in [4.78, 5) is 20.1. The second-order valence-electron chi connectivity index (χ2n) is 4.11. The van der Waals surface area contributed by atoms with Gasteiger partial charge >= 0.3 is 6.09 Å². The maximum atomic E-state index is 10.7. The van der Waals surface area contributed by atoms with Gasteiger partial charge in [-0.3, -0.25) is 4.98 Å². The molecule has 7 heteroatoms. The number of hydrogen-bond donors (Lipinski definition) is 1. The van der Waals surface area contributed by atoms with E-state index in [0.717, 1.165) is 5.69 Å². The minimum absolute atomic E-state index is 0.0816. The maximum Gasteiger partial charge on any atom is 0.407 e. The van der Waals surface area contributed by atoms with E-state index < -0.39 is 6.09 Å². The quantitative estimate of drug-likeness (QED) is 0.907. The topological polar surface area (TPSA) is 75.5 Å². The van der Waals surface area contributed by atoms with Crippen molar-refractivity contribution < 1.29 is 14.6 Å². The lowest BCUT2D eigenvalue weighted by molar-refractivity contribution is -0.00104. The van der Waals surface area contributed by atoms with Crippen molar-refractivity contribution in [3.63, 3.8) is 0 Å². The van der Waals surface area contributed by atoms with E-state index in [1.54, 1.807) is 6.20 Å². The average Bonchev–Trinajstić information content (AvgIpc) is 2.38. The van der Waals surface area contributed by atoms with E-state index in [4.69, 9.17) is 21.4 Å². The number of halogens is 1. The molecule has 1 fully saturated rings. The third-order valence-corrected chi connectivity index (χ3v) is 3.05. The first kappa shape index (κ1) is 13.0. The SMILES string of the molecule is O=C(O)N1CCC(OCc2cnc(Cl)cn2)CC1. The molecule has 0 saturated carbocycles. The first-order valence-electron chi connectivity index (χ1n) is 5.71. The van der Waals surface area contributed by atoms with Crippen LogP contribution < -0.4 is 0 Å². The Labute approximate surface area is 110 Å². The Morgan fingerprint density at radius 1 is 1.44 bits per heavy atom. The van der Waals surface area contributed by atoms with Gasteiger partial charge in [-0.2, -0.15) is 0 Å². The Bertz CT molecular complexity index is 404. The zero-order valence-corrected chi connectivity index (χ0v) is 10.5. The molecule has 98 valence electrons. The van der Waals surface area contributed by atoms with Gasteiger partial charge in [0.2, 0.25) is 0 Å². The van der Waals surface area contributed by atoms with Crippen LogP contribution in [0.2, 0.25) is 5.15 Å². The molecule has 2 heterocycles. The van der Waals surface area contributed by atoms with Crippen LogP contribution in [0.1, 0.15) is 18.5 Å². The number of aromatic nitrogens is 2. The Hall–Kier alpha value is -1.40. The van der Waals surface area contributed by atoms with E-state index in [9.17, 15) is 4.79 Å². The average molecular weight is 272 g/mol. The number of carbonyl (C=O) groups is 1. The summed E-state index contributed by atoms with van der Waals surface area (Å²) in [7, 11) is 0. The molecule has 0 bridgehead atoms. The summed E-state index contributed by atoms with van der Waals surface area (Å²) in [6.45, 7) is 1.42. The summed E-state index contributed by atoms with van der Waals surface area (Å²) in [5.74, 6) is 0. The van der Waals surface area contributed by atoms with Crippen molar-refractivity contribution in [3.05, 3.63) is 23.2 Å². The highest BCUT2D eigenvalue weighted by Gasteiger charge is 2.22. The highest BCUT2D eigenvalue weighted by molar-refractivity contribution is 6.29. The number of amides is 1. The van der Waals surface area contributed by atoms with E-state index in [2.05, 4.69) is 9.97 Å². The highest BCUT2D eigenvalue weighted by Crippen LogP contribution is 2.15. The number of carboxylic acid groups (broad SMARTS) is 1. The molecule has 0 aliphatic carbocycles. The van der Waals surface area contributed by atoms with Crippen LogP contribution in [0.5, 0.6) is 0 Å². The number of rotatable bonds is 3. The Morgan fingerprint density at radius 3 is 2.72 bits per heavy atom. The normalized spacial score (nSPS) is 16.8. The minimum atomic E-state index is -0.864. The summed E-state index contributed by atoms with van der Waals surface area (Å²) in [6, 6.07) is 0. The summed E-state index contributed by atoms with van der Waals surface area (Å²) < 4.78 is 5.67. The first-order chi connectivity index (χ1) is 8.65. The molecule has 1 saturated heterocycles. The molecule has 0 atom stereocenters. The van der Waals surface area contributed by atoms with Crippen molar-refractivity contribution in [1.29, 1.82) is 0 Å². The molecule has 6 nitrogen and oxygen atoms in total. The standard InChI is InChI=1S/C11H14ClN3O3/c12-10-6-13-8(5-14-10)7-18-9-1-3-15(4-2-9)11(16)17/h5-6,9H,1-4,7H2,(H,16,17). The largest absolute Gasteiger partial charge is 0.465 e. The van der Waals surface area contributed by atoms with Crippen LogP contribution in [0.4, 0.5) is 4.79 Å². The van der Waals surface area contributed by atoms with Crippen molar-refractivity contribution in [2.24, 2.45) is 0 Å². The Balaban J connectivity index is 1.75. The van der Waals surface area contributed by atoms with Gasteiger partial charge in [0.25, 0.3) is 0 Å². The van der Waals surface area contributed by atoms with E-state index in [0.29, 0.717) is 37.7 Å². The van der Waals surface area contributed by atoms with Gasteiger partial charge in [-0.15, -0.1) is 0 Å². The van der Waals surface area contributed by atoms with Crippen molar-refractivity contribution in [3.8, 4) is 0 Å². The van der Waals surface area contributed by atoms with Crippen LogP contribution in [0, 0.1) is 0 Å². The smallest absolute Gasteiger partial charge is 0.407 e. The van der Waals surface area contributed by atoms with Gasteiger partial charge in [-0.05, 0) is 12.8 Å². The first-order valence-corrected chi connectivity index (χ1v) is 6.09. The summed E-state index contributed by atoms with van der Waals surface area (Å²) >= 11 is 5.63. The van der Waals surface area contributed by atoms with Gasteiger partial charge in [0.15, 0.2) is 0 Å². The van der Waals surface area contributed by atoms with Crippen LogP contribution in [-0.4, -0.2) is 45.3 Å². The Morgan fingerprint density at radius 2 is 2.17 bits per heavy atom. The Kier molecular flexibility index (Phi) is 4.33. The molecule has 1 aliphatic heterocycles. The number of ether oxygens (including phenoxy) is 1. The molecule has 0 unspecified atom stereocenters. The van der Waals surface area contributed by atoms with Gasteiger partial charge in [0.1, 0.15) is 5.15 Å². The monoisotopic (exact) mass is 271 g/mol. The fourth-order valence-corrected chi connectivity index (χ4v) is 1.93. The predicted octanol–water partition coefficient (Wildman–Crippen LogP) is 1.79. The van der Waals surface area contributed by atoms with Crippen LogP contribution in [0.3, 0.4) is 0 Å². The molecule has 1 aromatic heterocycles. The predicted molar refractivity (Wildman–Crippen MR) is 64.5 cm³/mol. The molecule has 1 aliphatic rings. The fraction of sp³-hybridized carbons (Fsp3) is 0.545. The van der Waals surface area contributed by atoms with Gasteiger partial charge in [0.05, 0.1) is 30.8 Å². The lowest BCUT2D eigenvalue weighted by atomic mass is 10.1. The number of nitrogens with zero attached hydrogens (tertiary/aromatic N) is 3. The van der Waals surface area contributed by atoms with E-state index >= 15 is 0 Å². The van der Waals surface area contributed by atoms with Crippen molar-refractivity contribution in [2.45, 2.75) is 25.6 Å². The van der Waals surface area contributed by atoms with Crippen molar-refractivity contribution in [2.75, 3.05) is 13.1 Å². The van der Waals surface area contributed by atoms with Crippen LogP contribution in [-0.2, 0) is 11.3 Å². The van der Waals surface area contributed by atoms with E-state index in [1.807, 2.05) is 0 Å². The maximum absolute atomic E-state index is 10.7. The van der Waals surface area contributed by atoms with E-state index in [1.165, 1.54) is 11.1 Å². The van der Waals surface area contributed by atoms with Gasteiger partial charge in [-0.25, -0.2) is 9.78 Å². The van der Waals surface area contributed by atoms with Crippen LogP contribution in [0.25, 0.3) is 0 Å². The van der Waals surface area contributed by atoms with Crippen molar-refractivity contribution in [1.82, 2.24) is 14.9 Å². The minimum Gasteiger partial charge on any atom is -0.465 e. The van der Waals surface area contributed by atoms with E-state index in [-0.39, 0.29) is 6.10 Å². The molecular formula is C11H14ClN3O3. The molecule has 2 rings (SSSR count). The number of hydrogen-bond acceptors (Lipinski definition) is 4. The van der Waals surface area contributed by atoms with Gasteiger partial charge < -0.3 is 14.7 Å². The summed E-state index contributed by atoms with van der Waals surface area (Å²) in [5, 5.41) is 9.17. The molecule has 1 aromatic rings. The second-order valence-corrected chi connectivity index (χ2v) is 4.50. The molecular weight excluding hydrogens is 258 g/mol. The summed E-state index contributed by atoms with van der Waals surface area (Å²) in [5.41, 5.74) is 0.722. The number of piperidine rings is 1. The second kappa shape index (κ2) is 5.97. The lowest BCUT2D eigenvalue weighted by Gasteiger charge is -2.29. The van der Waals surface area contributed by atoms with Gasteiger partial charge in [-0.1, -0.05) is 11.6 Å². The summed E-state index contributed by atoms with van der Waals surface area (Å²) in [6.07, 6.45) is 3.71. The molecule has 0 aromatic carbocycles. The molecule has 0 radical (unpaired) electrons. The van der Waals surface area contributed by atoms with Gasteiger partial charge in [0, 0.05) is 13.1 Å². The third kappa shape index (κ3) is 3.54. The van der Waals surface area contributed by atoms with Crippen LogP contribution >= 0.6 is 11.6 Å². The zero-order chi connectivity index (χ0) is 13.0. The zero-order valence-electron chi connectivity index (χ0n) is 9.75. The number of likely N-dealkylation sites (tertiary alicyclic amines) is 1. The highest BCUT2D eigenvalue weighted by atomic mass is 35.5. The molecule has 0 spiro atoms.